The molecule has 9 heteroatoms. The standard InChI is InChI=1S/C21H26BrN5O3/c1-12(2)11-30-17-9-19(29)27(25-20(17)13(3)4)10-18(28)24-21-23-15-7-6-14(22)8-16(15)26(21)5/h6-9,12-13H,10-11H2,1-5H3,(H,23,24,28). The van der Waals surface area contributed by atoms with E-state index in [0.29, 0.717) is 29.9 Å². The Bertz CT molecular complexity index is 1130. The number of anilines is 1. The molecule has 0 atom stereocenters. The van der Waals surface area contributed by atoms with Crippen LogP contribution in [0.1, 0.15) is 39.3 Å². The van der Waals surface area contributed by atoms with Gasteiger partial charge in [-0.3, -0.25) is 14.9 Å². The van der Waals surface area contributed by atoms with Crippen molar-refractivity contribution in [3.63, 3.8) is 0 Å². The van der Waals surface area contributed by atoms with Gasteiger partial charge in [-0.05, 0) is 24.1 Å². The lowest BCUT2D eigenvalue weighted by molar-refractivity contribution is -0.117. The van der Waals surface area contributed by atoms with E-state index in [9.17, 15) is 9.59 Å². The van der Waals surface area contributed by atoms with Gasteiger partial charge in [0.15, 0.2) is 0 Å². The second-order valence-corrected chi connectivity index (χ2v) is 8.84. The third kappa shape index (κ3) is 4.89. The number of aromatic nitrogens is 4. The van der Waals surface area contributed by atoms with Gasteiger partial charge < -0.3 is 9.30 Å². The zero-order chi connectivity index (χ0) is 22.0. The van der Waals surface area contributed by atoms with E-state index in [0.717, 1.165) is 20.2 Å². The maximum absolute atomic E-state index is 12.6. The Morgan fingerprint density at radius 1 is 1.23 bits per heavy atom. The predicted molar refractivity (Wildman–Crippen MR) is 120 cm³/mol. The van der Waals surface area contributed by atoms with Gasteiger partial charge in [0, 0.05) is 23.5 Å². The number of aryl methyl sites for hydroxylation is 1. The molecular formula is C21H26BrN5O3. The first kappa shape index (κ1) is 22.0. The van der Waals surface area contributed by atoms with Crippen LogP contribution in [0.4, 0.5) is 5.95 Å². The van der Waals surface area contributed by atoms with E-state index in [2.05, 4.69) is 31.3 Å². The van der Waals surface area contributed by atoms with Gasteiger partial charge in [0.25, 0.3) is 5.56 Å². The van der Waals surface area contributed by atoms with Crippen LogP contribution in [0.15, 0.2) is 33.5 Å². The number of rotatable bonds is 7. The number of carbonyl (C=O) groups is 1. The molecule has 8 nitrogen and oxygen atoms in total. The van der Waals surface area contributed by atoms with E-state index in [-0.39, 0.29) is 23.9 Å². The number of imidazole rings is 1. The summed E-state index contributed by atoms with van der Waals surface area (Å²) in [6.45, 7) is 8.29. The maximum Gasteiger partial charge on any atom is 0.270 e. The molecule has 0 radical (unpaired) electrons. The van der Waals surface area contributed by atoms with Crippen LogP contribution in [0.5, 0.6) is 5.75 Å². The molecule has 2 aromatic heterocycles. The summed E-state index contributed by atoms with van der Waals surface area (Å²) in [4.78, 5) is 29.6. The Kier molecular flexibility index (Phi) is 6.60. The highest BCUT2D eigenvalue weighted by molar-refractivity contribution is 9.10. The van der Waals surface area contributed by atoms with Crippen LogP contribution in [0.25, 0.3) is 11.0 Å². The van der Waals surface area contributed by atoms with E-state index in [1.807, 2.05) is 52.9 Å². The lowest BCUT2D eigenvalue weighted by Gasteiger charge is -2.16. The Hall–Kier alpha value is -2.68. The number of hydrogen-bond donors (Lipinski definition) is 1. The van der Waals surface area contributed by atoms with Crippen LogP contribution in [0.3, 0.4) is 0 Å². The number of carbonyl (C=O) groups excluding carboxylic acids is 1. The number of fused-ring (bicyclic) bond motifs is 1. The van der Waals surface area contributed by atoms with E-state index in [1.165, 1.54) is 6.07 Å². The molecule has 0 spiro atoms. The number of benzene rings is 1. The Balaban J connectivity index is 1.82. The van der Waals surface area contributed by atoms with E-state index >= 15 is 0 Å². The van der Waals surface area contributed by atoms with Crippen LogP contribution in [0.2, 0.25) is 0 Å². The Morgan fingerprint density at radius 3 is 2.63 bits per heavy atom. The van der Waals surface area contributed by atoms with Gasteiger partial charge >= 0.3 is 0 Å². The van der Waals surface area contributed by atoms with Gasteiger partial charge in [-0.1, -0.05) is 43.6 Å². The molecule has 0 unspecified atom stereocenters. The second kappa shape index (κ2) is 8.99. The van der Waals surface area contributed by atoms with Gasteiger partial charge in [0.05, 0.1) is 17.6 Å². The average molecular weight is 476 g/mol. The summed E-state index contributed by atoms with van der Waals surface area (Å²) in [6, 6.07) is 7.09. The predicted octanol–water partition coefficient (Wildman–Crippen LogP) is 3.69. The maximum atomic E-state index is 12.6. The van der Waals surface area contributed by atoms with Gasteiger partial charge in [-0.15, -0.1) is 0 Å². The fraction of sp³-hybridized carbons (Fsp3) is 0.429. The van der Waals surface area contributed by atoms with Crippen molar-refractivity contribution < 1.29 is 9.53 Å². The van der Waals surface area contributed by atoms with Crippen molar-refractivity contribution in [1.82, 2.24) is 19.3 Å². The molecule has 0 fully saturated rings. The third-order valence-corrected chi connectivity index (χ3v) is 4.99. The second-order valence-electron chi connectivity index (χ2n) is 7.92. The molecule has 0 saturated carbocycles. The van der Waals surface area contributed by atoms with Crippen LogP contribution < -0.4 is 15.6 Å². The Morgan fingerprint density at radius 2 is 1.97 bits per heavy atom. The molecule has 1 amide bonds. The SMILES string of the molecule is CC(C)COc1cc(=O)n(CC(=O)Nc2nc3ccc(Br)cc3n2C)nc1C(C)C. The zero-order valence-corrected chi connectivity index (χ0v) is 19.4. The lowest BCUT2D eigenvalue weighted by atomic mass is 10.1. The summed E-state index contributed by atoms with van der Waals surface area (Å²) in [6.07, 6.45) is 0. The summed E-state index contributed by atoms with van der Waals surface area (Å²) < 4.78 is 9.63. The van der Waals surface area contributed by atoms with Crippen molar-refractivity contribution >= 4 is 38.8 Å². The van der Waals surface area contributed by atoms with Crippen LogP contribution in [0, 0.1) is 5.92 Å². The highest BCUT2D eigenvalue weighted by Crippen LogP contribution is 2.23. The molecule has 160 valence electrons. The van der Waals surface area contributed by atoms with Crippen molar-refractivity contribution in [2.45, 2.75) is 40.2 Å². The molecule has 3 aromatic rings. The molecule has 30 heavy (non-hydrogen) atoms. The summed E-state index contributed by atoms with van der Waals surface area (Å²) in [5.41, 5.74) is 1.90. The molecule has 0 aliphatic carbocycles. The molecule has 1 aromatic carbocycles. The number of ether oxygens (including phenoxy) is 1. The minimum absolute atomic E-state index is 0.0420. The first-order valence-electron chi connectivity index (χ1n) is 9.82. The van der Waals surface area contributed by atoms with Gasteiger partial charge in [0.2, 0.25) is 11.9 Å². The quantitative estimate of drug-likeness (QED) is 0.562. The van der Waals surface area contributed by atoms with Crippen LogP contribution in [-0.2, 0) is 18.4 Å². The molecule has 2 heterocycles. The molecule has 3 rings (SSSR count). The number of hydrogen-bond acceptors (Lipinski definition) is 5. The minimum Gasteiger partial charge on any atom is -0.491 e. The normalized spacial score (nSPS) is 11.5. The van der Waals surface area contributed by atoms with E-state index in [4.69, 9.17) is 4.74 Å². The zero-order valence-electron chi connectivity index (χ0n) is 17.8. The first-order chi connectivity index (χ1) is 14.2. The van der Waals surface area contributed by atoms with Gasteiger partial charge in [-0.2, -0.15) is 5.10 Å². The topological polar surface area (TPSA) is 91.0 Å². The van der Waals surface area contributed by atoms with Crippen molar-refractivity contribution in [1.29, 1.82) is 0 Å². The summed E-state index contributed by atoms with van der Waals surface area (Å²) in [5.74, 6) is 0.864. The Labute approximate surface area is 183 Å². The largest absolute Gasteiger partial charge is 0.491 e. The highest BCUT2D eigenvalue weighted by Gasteiger charge is 2.17. The van der Waals surface area contributed by atoms with Crippen molar-refractivity contribution in [2.75, 3.05) is 11.9 Å². The molecule has 0 aliphatic heterocycles. The highest BCUT2D eigenvalue weighted by atomic mass is 79.9. The first-order valence-corrected chi connectivity index (χ1v) is 10.6. The molecular weight excluding hydrogens is 450 g/mol. The fourth-order valence-electron chi connectivity index (χ4n) is 2.95. The number of nitrogens with zero attached hydrogens (tertiary/aromatic N) is 4. The van der Waals surface area contributed by atoms with E-state index < -0.39 is 0 Å². The van der Waals surface area contributed by atoms with Gasteiger partial charge in [0.1, 0.15) is 18.0 Å². The molecule has 1 N–H and O–H groups in total. The van der Waals surface area contributed by atoms with Crippen LogP contribution in [-0.4, -0.2) is 31.8 Å². The van der Waals surface area contributed by atoms with Crippen molar-refractivity contribution in [3.05, 3.63) is 44.8 Å². The molecule has 0 aliphatic rings. The molecule has 0 bridgehead atoms. The smallest absolute Gasteiger partial charge is 0.270 e. The molecule has 0 saturated heterocycles. The van der Waals surface area contributed by atoms with Crippen molar-refractivity contribution in [2.24, 2.45) is 13.0 Å². The fourth-order valence-corrected chi connectivity index (χ4v) is 3.30. The lowest BCUT2D eigenvalue weighted by Crippen LogP contribution is -2.31. The summed E-state index contributed by atoms with van der Waals surface area (Å²) in [5, 5.41) is 7.16. The number of halogens is 1. The number of amides is 1. The van der Waals surface area contributed by atoms with Crippen LogP contribution >= 0.6 is 15.9 Å². The van der Waals surface area contributed by atoms with E-state index in [1.54, 1.807) is 4.57 Å². The average Bonchev–Trinajstić information content (AvgIpc) is 2.96. The van der Waals surface area contributed by atoms with Gasteiger partial charge in [-0.25, -0.2) is 9.67 Å². The minimum atomic E-state index is -0.387. The monoisotopic (exact) mass is 475 g/mol. The summed E-state index contributed by atoms with van der Waals surface area (Å²) >= 11 is 3.44. The summed E-state index contributed by atoms with van der Waals surface area (Å²) in [7, 11) is 1.82. The van der Waals surface area contributed by atoms with Crippen molar-refractivity contribution in [3.8, 4) is 5.75 Å². The third-order valence-electron chi connectivity index (χ3n) is 4.50. The number of nitrogens with one attached hydrogen (secondary N) is 1.